The van der Waals surface area contributed by atoms with Crippen molar-refractivity contribution in [2.24, 2.45) is 11.1 Å². The van der Waals surface area contributed by atoms with Crippen LogP contribution in [0.1, 0.15) is 53.9 Å². The fourth-order valence-electron chi connectivity index (χ4n) is 6.41. The van der Waals surface area contributed by atoms with Crippen LogP contribution in [-0.2, 0) is 4.79 Å². The maximum atomic E-state index is 12.7. The molecule has 3 saturated heterocycles. The summed E-state index contributed by atoms with van der Waals surface area (Å²) in [6.45, 7) is 3.14. The first-order valence-corrected chi connectivity index (χ1v) is 12.6. The van der Waals surface area contributed by atoms with E-state index in [1.165, 1.54) is 11.1 Å². The number of rotatable bonds is 3. The van der Waals surface area contributed by atoms with Crippen LogP contribution in [0.4, 0.5) is 10.6 Å². The highest BCUT2D eigenvalue weighted by atomic mass is 16.4. The van der Waals surface area contributed by atoms with Crippen molar-refractivity contribution in [3.05, 3.63) is 35.5 Å². The largest absolute Gasteiger partial charge is 0.465 e. The second-order valence-corrected chi connectivity index (χ2v) is 10.4. The number of nitrogens with one attached hydrogen (secondary N) is 2. The Morgan fingerprint density at radius 2 is 1.97 bits per heavy atom. The number of carboxylic acid groups (broad SMARTS) is 1. The summed E-state index contributed by atoms with van der Waals surface area (Å²) >= 11 is 0. The average molecular weight is 491 g/mol. The zero-order chi connectivity index (χ0) is 25.0. The number of likely N-dealkylation sites (tertiary alicyclic amines) is 1. The van der Waals surface area contributed by atoms with Crippen LogP contribution in [0.2, 0.25) is 0 Å². The molecule has 10 heteroatoms. The van der Waals surface area contributed by atoms with E-state index in [1.54, 1.807) is 0 Å². The molecule has 36 heavy (non-hydrogen) atoms. The SMILES string of the molecule is NC(=O)c1cnc(N2CCCC3(CCNC3=O)C2)c2c1[nH]c1cc(C3CCN(C(=O)O)CC3)ccc12. The van der Waals surface area contributed by atoms with Gasteiger partial charge in [0.15, 0.2) is 0 Å². The van der Waals surface area contributed by atoms with Gasteiger partial charge in [-0.2, -0.15) is 0 Å². The van der Waals surface area contributed by atoms with E-state index in [9.17, 15) is 19.5 Å². The van der Waals surface area contributed by atoms with E-state index < -0.39 is 17.4 Å². The minimum atomic E-state index is -0.867. The van der Waals surface area contributed by atoms with Gasteiger partial charge in [-0.3, -0.25) is 9.59 Å². The Bertz CT molecular complexity index is 1390. The molecule has 2 aromatic heterocycles. The number of fused-ring (bicyclic) bond motifs is 3. The summed E-state index contributed by atoms with van der Waals surface area (Å²) in [5, 5.41) is 14.1. The van der Waals surface area contributed by atoms with Crippen molar-refractivity contribution < 1.29 is 19.5 Å². The van der Waals surface area contributed by atoms with E-state index in [0.29, 0.717) is 37.3 Å². The third-order valence-electron chi connectivity index (χ3n) is 8.38. The number of anilines is 1. The Morgan fingerprint density at radius 3 is 2.67 bits per heavy atom. The lowest BCUT2D eigenvalue weighted by atomic mass is 9.78. The lowest BCUT2D eigenvalue weighted by molar-refractivity contribution is -0.128. The summed E-state index contributed by atoms with van der Waals surface area (Å²) in [5.74, 6) is 0.613. The number of benzene rings is 1. The number of primary amides is 1. The van der Waals surface area contributed by atoms with Crippen molar-refractivity contribution in [2.45, 2.75) is 38.0 Å². The van der Waals surface area contributed by atoms with Crippen LogP contribution in [0, 0.1) is 5.41 Å². The molecule has 3 aliphatic heterocycles. The maximum Gasteiger partial charge on any atom is 0.407 e. The van der Waals surface area contributed by atoms with Crippen molar-refractivity contribution in [3.8, 4) is 0 Å². The van der Waals surface area contributed by atoms with Gasteiger partial charge >= 0.3 is 6.09 Å². The molecule has 0 bridgehead atoms. The van der Waals surface area contributed by atoms with Crippen LogP contribution in [-0.4, -0.2) is 70.6 Å². The summed E-state index contributed by atoms with van der Waals surface area (Å²) in [4.78, 5) is 48.0. The average Bonchev–Trinajstić information content (AvgIpc) is 3.43. The topological polar surface area (TPSA) is 145 Å². The third-order valence-corrected chi connectivity index (χ3v) is 8.38. The van der Waals surface area contributed by atoms with Crippen molar-refractivity contribution in [1.82, 2.24) is 20.2 Å². The Labute approximate surface area is 207 Å². The van der Waals surface area contributed by atoms with Gasteiger partial charge in [-0.15, -0.1) is 0 Å². The van der Waals surface area contributed by atoms with Crippen molar-refractivity contribution >= 4 is 45.5 Å². The quantitative estimate of drug-likeness (QED) is 0.444. The molecule has 188 valence electrons. The highest BCUT2D eigenvalue weighted by Gasteiger charge is 2.45. The highest BCUT2D eigenvalue weighted by molar-refractivity contribution is 6.18. The standard InChI is InChI=1S/C26H30N6O4/c27-22(33)18-13-29-23(32-9-1-6-26(14-32)7-8-28-24(26)34)20-17-3-2-16(12-19(17)30-21(18)20)15-4-10-31(11-5-15)25(35)36/h2-3,12-13,15,30H,1,4-11,14H2,(H2,27,33)(H,28,34)(H,35,36). The van der Waals surface area contributed by atoms with Gasteiger partial charge in [-0.05, 0) is 49.7 Å². The first-order valence-electron chi connectivity index (χ1n) is 12.6. The number of hydrogen-bond donors (Lipinski definition) is 4. The van der Waals surface area contributed by atoms with Gasteiger partial charge in [-0.25, -0.2) is 9.78 Å². The second-order valence-electron chi connectivity index (χ2n) is 10.4. The van der Waals surface area contributed by atoms with Gasteiger partial charge in [0.1, 0.15) is 5.82 Å². The van der Waals surface area contributed by atoms with Gasteiger partial charge in [-0.1, -0.05) is 12.1 Å². The normalized spacial score (nSPS) is 23.1. The second kappa shape index (κ2) is 8.39. The number of nitrogens with zero attached hydrogens (tertiary/aromatic N) is 3. The molecule has 3 fully saturated rings. The number of pyridine rings is 1. The van der Waals surface area contributed by atoms with E-state index in [4.69, 9.17) is 10.7 Å². The van der Waals surface area contributed by atoms with E-state index >= 15 is 0 Å². The molecule has 1 atom stereocenters. The minimum absolute atomic E-state index is 0.120. The first kappa shape index (κ1) is 22.6. The molecule has 1 spiro atoms. The molecule has 5 heterocycles. The zero-order valence-electron chi connectivity index (χ0n) is 20.0. The molecule has 3 aliphatic rings. The predicted octanol–water partition coefficient (Wildman–Crippen LogP) is 2.78. The molecule has 0 aliphatic carbocycles. The molecular weight excluding hydrogens is 460 g/mol. The van der Waals surface area contributed by atoms with Crippen molar-refractivity contribution in [2.75, 3.05) is 37.6 Å². The number of amides is 3. The molecule has 6 rings (SSSR count). The maximum absolute atomic E-state index is 12.7. The number of carbonyl (C=O) groups excluding carboxylic acids is 2. The number of hydrogen-bond acceptors (Lipinski definition) is 5. The summed E-state index contributed by atoms with van der Waals surface area (Å²) in [5.41, 5.74) is 8.36. The van der Waals surface area contributed by atoms with E-state index in [-0.39, 0.29) is 11.8 Å². The predicted molar refractivity (Wildman–Crippen MR) is 135 cm³/mol. The Morgan fingerprint density at radius 1 is 1.17 bits per heavy atom. The van der Waals surface area contributed by atoms with Crippen LogP contribution in [0.25, 0.3) is 21.8 Å². The van der Waals surface area contributed by atoms with Crippen molar-refractivity contribution in [3.63, 3.8) is 0 Å². The molecule has 3 amide bonds. The van der Waals surface area contributed by atoms with Gasteiger partial charge in [0.2, 0.25) is 5.91 Å². The van der Waals surface area contributed by atoms with Gasteiger partial charge < -0.3 is 30.9 Å². The Balaban J connectivity index is 1.41. The Kier molecular flexibility index (Phi) is 5.27. The molecule has 0 radical (unpaired) electrons. The molecular formula is C26H30N6O4. The van der Waals surface area contributed by atoms with Gasteiger partial charge in [0, 0.05) is 49.8 Å². The number of piperidine rings is 2. The lowest BCUT2D eigenvalue weighted by Crippen LogP contribution is -2.47. The summed E-state index contributed by atoms with van der Waals surface area (Å²) < 4.78 is 0. The zero-order valence-corrected chi connectivity index (χ0v) is 20.0. The fourth-order valence-corrected chi connectivity index (χ4v) is 6.41. The smallest absolute Gasteiger partial charge is 0.407 e. The molecule has 1 unspecified atom stereocenters. The number of carbonyl (C=O) groups is 3. The molecule has 3 aromatic rings. The monoisotopic (exact) mass is 490 g/mol. The van der Waals surface area contributed by atoms with Crippen LogP contribution in [0.3, 0.4) is 0 Å². The minimum Gasteiger partial charge on any atom is -0.465 e. The fraction of sp³-hybridized carbons (Fsp3) is 0.462. The molecule has 10 nitrogen and oxygen atoms in total. The number of aromatic nitrogens is 2. The molecule has 1 aromatic carbocycles. The first-order chi connectivity index (χ1) is 17.4. The van der Waals surface area contributed by atoms with E-state index in [1.807, 2.05) is 0 Å². The van der Waals surface area contributed by atoms with E-state index in [2.05, 4.69) is 33.4 Å². The number of aromatic amines is 1. The van der Waals surface area contributed by atoms with Crippen molar-refractivity contribution in [1.29, 1.82) is 0 Å². The number of H-pyrrole nitrogens is 1. The Hall–Kier alpha value is -3.82. The van der Waals surface area contributed by atoms with Gasteiger partial charge in [0.05, 0.1) is 21.9 Å². The van der Waals surface area contributed by atoms with Crippen LogP contribution < -0.4 is 16.0 Å². The summed E-state index contributed by atoms with van der Waals surface area (Å²) in [6, 6.07) is 6.26. The lowest BCUT2D eigenvalue weighted by Gasteiger charge is -2.39. The highest BCUT2D eigenvalue weighted by Crippen LogP contribution is 2.42. The summed E-state index contributed by atoms with van der Waals surface area (Å²) in [6.07, 6.45) is 4.81. The van der Waals surface area contributed by atoms with Crippen LogP contribution in [0.5, 0.6) is 0 Å². The van der Waals surface area contributed by atoms with Crippen LogP contribution in [0.15, 0.2) is 24.4 Å². The van der Waals surface area contributed by atoms with Crippen LogP contribution >= 0.6 is 0 Å². The number of nitrogens with two attached hydrogens (primary N) is 1. The third kappa shape index (κ3) is 3.54. The molecule has 5 N–H and O–H groups in total. The summed E-state index contributed by atoms with van der Waals surface area (Å²) in [7, 11) is 0. The van der Waals surface area contributed by atoms with E-state index in [0.717, 1.165) is 66.3 Å². The van der Waals surface area contributed by atoms with Gasteiger partial charge in [0.25, 0.3) is 5.91 Å². The molecule has 0 saturated carbocycles.